The molecule has 0 saturated heterocycles. The molecule has 1 rings (SSSR count). The zero-order valence-corrected chi connectivity index (χ0v) is 52.9. The fourth-order valence-corrected chi connectivity index (χ4v) is 13.4. The molecule has 9 nitrogen and oxygen atoms in total. The normalized spacial score (nSPS) is 15.4. The van der Waals surface area contributed by atoms with Gasteiger partial charge in [0.2, 0.25) is 0 Å². The Morgan fingerprint density at radius 2 is 0.822 bits per heavy atom. The lowest BCUT2D eigenvalue weighted by Gasteiger charge is -2.43. The number of aliphatic carboxylic acids is 2. The Hall–Kier alpha value is -1.54. The van der Waals surface area contributed by atoms with Crippen LogP contribution < -0.4 is 0 Å². The monoisotopic (exact) mass is 1060 g/mol. The van der Waals surface area contributed by atoms with Crippen molar-refractivity contribution < 1.29 is 28.7 Å². The number of aryl methyl sites for hydroxylation is 1. The fourth-order valence-electron chi connectivity index (χ4n) is 10.6. The fraction of sp³-hybridized carbons (Fsp3) is 0.919. The zero-order valence-electron chi connectivity index (χ0n) is 50.9. The van der Waals surface area contributed by atoms with Crippen LogP contribution in [0, 0.1) is 10.8 Å². The lowest BCUT2D eigenvalue weighted by atomic mass is 9.74. The zero-order chi connectivity index (χ0) is 54.9. The molecule has 4 atom stereocenters. The van der Waals surface area contributed by atoms with Gasteiger partial charge in [0.05, 0.1) is 29.4 Å². The molecule has 73 heavy (non-hydrogen) atoms. The van der Waals surface area contributed by atoms with E-state index in [1.165, 1.54) is 64.2 Å². The van der Waals surface area contributed by atoms with Gasteiger partial charge in [-0.25, -0.2) is 4.98 Å². The minimum Gasteiger partial charge on any atom is -0.481 e. The van der Waals surface area contributed by atoms with Crippen LogP contribution in [-0.4, -0.2) is 85.1 Å². The summed E-state index contributed by atoms with van der Waals surface area (Å²) in [6, 6.07) is 0. The molecule has 0 aromatic carbocycles. The minimum absolute atomic E-state index is 0.0240. The number of unbranched alkanes of at least 4 members (excludes halogenated alkanes) is 18. The summed E-state index contributed by atoms with van der Waals surface area (Å²) >= 11 is 0. The van der Waals surface area contributed by atoms with E-state index in [2.05, 4.69) is 116 Å². The molecule has 0 aliphatic heterocycles. The number of nitrogens with zero attached hydrogens (tertiary/aromatic N) is 3. The molecular weight excluding hydrogens is 939 g/mol. The average molecular weight is 1060 g/mol. The first-order chi connectivity index (χ1) is 34.4. The summed E-state index contributed by atoms with van der Waals surface area (Å²) in [4.78, 5) is 33.6. The van der Waals surface area contributed by atoms with E-state index in [9.17, 15) is 19.8 Å². The third kappa shape index (κ3) is 28.6. The van der Waals surface area contributed by atoms with Crippen molar-refractivity contribution in [3.8, 4) is 0 Å². The van der Waals surface area contributed by atoms with Gasteiger partial charge in [-0.15, -0.1) is 0 Å². The maximum atomic E-state index is 13.3. The van der Waals surface area contributed by atoms with Crippen molar-refractivity contribution >= 4 is 28.6 Å². The van der Waals surface area contributed by atoms with Crippen LogP contribution in [0.25, 0.3) is 0 Å². The van der Waals surface area contributed by atoms with E-state index in [1.807, 2.05) is 12.5 Å². The van der Waals surface area contributed by atoms with E-state index in [-0.39, 0.29) is 22.3 Å². The molecule has 0 fully saturated rings. The molecule has 0 radical (unpaired) electrons. The number of carboxylic acids is 2. The third-order valence-electron chi connectivity index (χ3n) is 17.7. The number of carbonyl (C=O) groups is 2. The van der Waals surface area contributed by atoms with E-state index >= 15 is 0 Å². The van der Waals surface area contributed by atoms with Gasteiger partial charge in [-0.2, -0.15) is 0 Å². The van der Waals surface area contributed by atoms with Crippen LogP contribution in [0.3, 0.4) is 0 Å². The van der Waals surface area contributed by atoms with E-state index in [4.69, 9.17) is 8.85 Å². The van der Waals surface area contributed by atoms with E-state index in [1.54, 1.807) is 0 Å². The second-order valence-electron chi connectivity index (χ2n) is 26.2. The van der Waals surface area contributed by atoms with Crippen LogP contribution >= 0.6 is 0 Å². The first-order valence-corrected chi connectivity index (χ1v) is 36.8. The van der Waals surface area contributed by atoms with Gasteiger partial charge in [-0.05, 0) is 94.1 Å². The van der Waals surface area contributed by atoms with Gasteiger partial charge in [0.15, 0.2) is 16.6 Å². The van der Waals surface area contributed by atoms with Crippen molar-refractivity contribution in [1.82, 2.24) is 14.5 Å². The van der Waals surface area contributed by atoms with Crippen molar-refractivity contribution in [1.29, 1.82) is 0 Å². The summed E-state index contributed by atoms with van der Waals surface area (Å²) in [6.07, 6.45) is 40.1. The molecule has 430 valence electrons. The quantitative estimate of drug-likeness (QED) is 0.0490. The Morgan fingerprint density at radius 1 is 0.507 bits per heavy atom. The summed E-state index contributed by atoms with van der Waals surface area (Å²) in [6.45, 7) is 35.9. The molecule has 4 unspecified atom stereocenters. The van der Waals surface area contributed by atoms with Gasteiger partial charge in [0.1, 0.15) is 0 Å². The van der Waals surface area contributed by atoms with Crippen molar-refractivity contribution in [3.63, 3.8) is 0 Å². The number of imidazole rings is 1. The summed E-state index contributed by atoms with van der Waals surface area (Å²) in [5, 5.41) is 22.0. The first kappa shape index (κ1) is 69.5. The van der Waals surface area contributed by atoms with Gasteiger partial charge < -0.3 is 23.6 Å². The largest absolute Gasteiger partial charge is 0.481 e. The summed E-state index contributed by atoms with van der Waals surface area (Å²) in [5.74, 6) is -1.16. The highest BCUT2D eigenvalue weighted by atomic mass is 28.4. The van der Waals surface area contributed by atoms with Crippen LogP contribution in [0.1, 0.15) is 281 Å². The van der Waals surface area contributed by atoms with Crippen LogP contribution in [0.5, 0.6) is 0 Å². The van der Waals surface area contributed by atoms with Gasteiger partial charge >= 0.3 is 11.9 Å². The van der Waals surface area contributed by atoms with Gasteiger partial charge in [0, 0.05) is 38.6 Å². The predicted octanol–water partition coefficient (Wildman–Crippen LogP) is 19.1. The Kier molecular flexibility index (Phi) is 35.5. The minimum atomic E-state index is -2.18. The standard InChI is InChI=1S/C62H123N3O6Si2/c1-15-19-23-27-29-35-44-61(57(66)67,42-33-25-21-17-3)46-37-31-40-55(70-72(11,12)59(5,6)7)52-65(50-39-49-64-51-48-63-54-64)53-56(71-73(13,14)60(8,9)10)41-32-38-47-62(58(68)69,43-34-26-22-18-4)45-36-30-28-24-20-16-2/h48,51,54-56H,15-47,49-50,52-53H2,1-14H3,(H,66,67)(H,68,69). The van der Waals surface area contributed by atoms with Crippen molar-refractivity contribution in [2.45, 2.75) is 336 Å². The molecule has 0 bridgehead atoms. The molecular formula is C62H123N3O6Si2. The van der Waals surface area contributed by atoms with Crippen molar-refractivity contribution in [3.05, 3.63) is 18.7 Å². The topological polar surface area (TPSA) is 114 Å². The van der Waals surface area contributed by atoms with Crippen LogP contribution in [0.2, 0.25) is 36.3 Å². The lowest BCUT2D eigenvalue weighted by molar-refractivity contribution is -0.151. The highest BCUT2D eigenvalue weighted by molar-refractivity contribution is 6.74. The second kappa shape index (κ2) is 37.3. The number of rotatable bonds is 48. The Bertz CT molecular complexity index is 1430. The summed E-state index contributed by atoms with van der Waals surface area (Å²) < 4.78 is 17.1. The highest BCUT2D eigenvalue weighted by Crippen LogP contribution is 2.42. The molecule has 0 aliphatic rings. The lowest BCUT2D eigenvalue weighted by Crippen LogP contribution is -2.50. The molecule has 0 saturated carbocycles. The number of aromatic nitrogens is 2. The SMILES string of the molecule is CCCCCCCCC(CCCCCC)(CCCCC(CN(CCCn1ccnc1)CC(CCCCC(CCCCCC)(CCCCCCCC)C(=O)O)O[Si](C)(C)C(C)(C)C)O[Si](C)(C)C(C)(C)C)C(=O)O. The van der Waals surface area contributed by atoms with Crippen LogP contribution in [0.15, 0.2) is 18.7 Å². The molecule has 0 aliphatic carbocycles. The average Bonchev–Trinajstić information content (AvgIpc) is 3.83. The van der Waals surface area contributed by atoms with Crippen LogP contribution in [-0.2, 0) is 25.0 Å². The maximum absolute atomic E-state index is 13.3. The molecule has 1 aromatic rings. The molecule has 2 N–H and O–H groups in total. The first-order valence-electron chi connectivity index (χ1n) is 30.9. The highest BCUT2D eigenvalue weighted by Gasteiger charge is 2.42. The Morgan fingerprint density at radius 3 is 1.12 bits per heavy atom. The van der Waals surface area contributed by atoms with E-state index in [0.29, 0.717) is 0 Å². The van der Waals surface area contributed by atoms with Crippen molar-refractivity contribution in [2.24, 2.45) is 10.8 Å². The van der Waals surface area contributed by atoms with E-state index < -0.39 is 39.4 Å². The predicted molar refractivity (Wildman–Crippen MR) is 318 cm³/mol. The Balaban J connectivity index is 3.55. The number of hydrogen-bond acceptors (Lipinski definition) is 6. The van der Waals surface area contributed by atoms with Gasteiger partial charge in [-0.3, -0.25) is 14.5 Å². The summed E-state index contributed by atoms with van der Waals surface area (Å²) in [7, 11) is -4.35. The maximum Gasteiger partial charge on any atom is 0.309 e. The molecule has 0 amide bonds. The smallest absolute Gasteiger partial charge is 0.309 e. The van der Waals surface area contributed by atoms with Crippen molar-refractivity contribution in [2.75, 3.05) is 19.6 Å². The molecule has 1 heterocycles. The van der Waals surface area contributed by atoms with Gasteiger partial charge in [0.25, 0.3) is 0 Å². The number of hydrogen-bond donors (Lipinski definition) is 2. The molecule has 1 aromatic heterocycles. The van der Waals surface area contributed by atoms with Gasteiger partial charge in [-0.1, -0.05) is 223 Å². The molecule has 0 spiro atoms. The Labute approximate surface area is 455 Å². The van der Waals surface area contributed by atoms with Crippen LogP contribution in [0.4, 0.5) is 0 Å². The van der Waals surface area contributed by atoms with E-state index in [0.717, 1.165) is 174 Å². The third-order valence-corrected chi connectivity index (χ3v) is 26.8. The second-order valence-corrected chi connectivity index (χ2v) is 35.7. The summed E-state index contributed by atoms with van der Waals surface area (Å²) in [5.41, 5.74) is -1.29. The number of carboxylic acid groups (broad SMARTS) is 2. The molecule has 11 heteroatoms.